The Bertz CT molecular complexity index is 579. The first kappa shape index (κ1) is 18.3. The summed E-state index contributed by atoms with van der Waals surface area (Å²) >= 11 is 0. The Kier molecular flexibility index (Phi) is 5.82. The standard InChI is InChI=1S/C22H33NO3/c1-24-21-4-2-3-19(15-21)16-23-11-9-22(10-12-23)20(8-14-26-22)7-13-25-17-18-5-6-18/h2-4,15,18,20H,5-14,16-17H2,1H3/t20-/m0/s1. The van der Waals surface area contributed by atoms with Crippen molar-refractivity contribution in [3.8, 4) is 5.75 Å². The van der Waals surface area contributed by atoms with Crippen molar-refractivity contribution >= 4 is 0 Å². The Morgan fingerprint density at radius 2 is 2.04 bits per heavy atom. The van der Waals surface area contributed by atoms with Crippen LogP contribution < -0.4 is 4.74 Å². The fourth-order valence-corrected chi connectivity index (χ4v) is 4.62. The van der Waals surface area contributed by atoms with Gasteiger partial charge in [0.1, 0.15) is 5.75 Å². The molecule has 1 spiro atoms. The van der Waals surface area contributed by atoms with Crippen molar-refractivity contribution in [1.29, 1.82) is 0 Å². The number of nitrogens with zero attached hydrogens (tertiary/aromatic N) is 1. The first-order valence-corrected chi connectivity index (χ1v) is 10.3. The summed E-state index contributed by atoms with van der Waals surface area (Å²) in [6.45, 7) is 6.08. The maximum absolute atomic E-state index is 6.32. The summed E-state index contributed by atoms with van der Waals surface area (Å²) in [5, 5.41) is 0. The highest BCUT2D eigenvalue weighted by atomic mass is 16.5. The summed E-state index contributed by atoms with van der Waals surface area (Å²) in [5.74, 6) is 2.49. The number of ether oxygens (including phenoxy) is 3. The fourth-order valence-electron chi connectivity index (χ4n) is 4.62. The summed E-state index contributed by atoms with van der Waals surface area (Å²) in [4.78, 5) is 2.56. The SMILES string of the molecule is COc1cccc(CN2CCC3(CC2)OCC[C@@H]3CCOCC2CC2)c1. The molecule has 0 N–H and O–H groups in total. The number of benzene rings is 1. The molecule has 0 unspecified atom stereocenters. The summed E-state index contributed by atoms with van der Waals surface area (Å²) in [7, 11) is 1.73. The van der Waals surface area contributed by atoms with Crippen LogP contribution in [0.3, 0.4) is 0 Å². The third kappa shape index (κ3) is 4.41. The van der Waals surface area contributed by atoms with E-state index in [-0.39, 0.29) is 5.60 Å². The van der Waals surface area contributed by atoms with E-state index in [2.05, 4.69) is 23.1 Å². The topological polar surface area (TPSA) is 30.9 Å². The number of piperidine rings is 1. The average molecular weight is 360 g/mol. The van der Waals surface area contributed by atoms with Gasteiger partial charge in [-0.3, -0.25) is 4.90 Å². The normalized spacial score (nSPS) is 25.7. The molecule has 0 aromatic heterocycles. The van der Waals surface area contributed by atoms with Gasteiger partial charge < -0.3 is 14.2 Å². The van der Waals surface area contributed by atoms with Crippen LogP contribution in [0.2, 0.25) is 0 Å². The second kappa shape index (κ2) is 8.28. The van der Waals surface area contributed by atoms with E-state index in [0.29, 0.717) is 5.92 Å². The molecular weight excluding hydrogens is 326 g/mol. The quantitative estimate of drug-likeness (QED) is 0.659. The van der Waals surface area contributed by atoms with Crippen molar-refractivity contribution in [1.82, 2.24) is 4.90 Å². The molecule has 26 heavy (non-hydrogen) atoms. The minimum Gasteiger partial charge on any atom is -0.497 e. The van der Waals surface area contributed by atoms with Crippen LogP contribution in [0.25, 0.3) is 0 Å². The first-order valence-electron chi connectivity index (χ1n) is 10.3. The second-order valence-corrected chi connectivity index (χ2v) is 8.33. The minimum absolute atomic E-state index is 0.119. The lowest BCUT2D eigenvalue weighted by atomic mass is 9.78. The number of likely N-dealkylation sites (tertiary alicyclic amines) is 1. The van der Waals surface area contributed by atoms with Crippen LogP contribution in [-0.2, 0) is 16.0 Å². The van der Waals surface area contributed by atoms with Crippen LogP contribution in [0.5, 0.6) is 5.75 Å². The second-order valence-electron chi connectivity index (χ2n) is 8.33. The van der Waals surface area contributed by atoms with Crippen LogP contribution >= 0.6 is 0 Å². The van der Waals surface area contributed by atoms with Crippen molar-refractivity contribution in [3.05, 3.63) is 29.8 Å². The predicted molar refractivity (Wildman–Crippen MR) is 102 cm³/mol. The van der Waals surface area contributed by atoms with Gasteiger partial charge in [-0.05, 0) is 68.1 Å². The van der Waals surface area contributed by atoms with Crippen molar-refractivity contribution in [2.75, 3.05) is 40.0 Å². The van der Waals surface area contributed by atoms with Crippen LogP contribution in [-0.4, -0.2) is 50.5 Å². The monoisotopic (exact) mass is 359 g/mol. The van der Waals surface area contributed by atoms with Crippen molar-refractivity contribution in [3.63, 3.8) is 0 Å². The molecule has 4 rings (SSSR count). The van der Waals surface area contributed by atoms with Crippen molar-refractivity contribution < 1.29 is 14.2 Å². The predicted octanol–water partition coefficient (Wildman–Crippen LogP) is 3.88. The average Bonchev–Trinajstić information content (AvgIpc) is 3.42. The summed E-state index contributed by atoms with van der Waals surface area (Å²) in [6, 6.07) is 8.43. The molecule has 3 aliphatic rings. The Labute approximate surface area is 157 Å². The van der Waals surface area contributed by atoms with E-state index in [4.69, 9.17) is 14.2 Å². The molecule has 144 valence electrons. The zero-order chi connectivity index (χ0) is 17.8. The Hall–Kier alpha value is -1.10. The van der Waals surface area contributed by atoms with Gasteiger partial charge in [0.15, 0.2) is 0 Å². The van der Waals surface area contributed by atoms with E-state index in [9.17, 15) is 0 Å². The molecule has 4 heteroatoms. The van der Waals surface area contributed by atoms with Crippen LogP contribution in [0.15, 0.2) is 24.3 Å². The molecule has 4 nitrogen and oxygen atoms in total. The zero-order valence-corrected chi connectivity index (χ0v) is 16.1. The lowest BCUT2D eigenvalue weighted by Crippen LogP contribution is -2.47. The molecule has 2 heterocycles. The van der Waals surface area contributed by atoms with Gasteiger partial charge in [-0.1, -0.05) is 12.1 Å². The molecule has 3 fully saturated rings. The molecule has 0 radical (unpaired) electrons. The van der Waals surface area contributed by atoms with Crippen LogP contribution in [0.4, 0.5) is 0 Å². The molecule has 1 aromatic rings. The van der Waals surface area contributed by atoms with E-state index in [1.807, 2.05) is 6.07 Å². The molecule has 2 aliphatic heterocycles. The summed E-state index contributed by atoms with van der Waals surface area (Å²) < 4.78 is 17.6. The van der Waals surface area contributed by atoms with E-state index in [1.165, 1.54) is 31.2 Å². The maximum Gasteiger partial charge on any atom is 0.119 e. The Morgan fingerprint density at radius 3 is 2.81 bits per heavy atom. The molecule has 1 saturated carbocycles. The van der Waals surface area contributed by atoms with Gasteiger partial charge in [-0.2, -0.15) is 0 Å². The Morgan fingerprint density at radius 1 is 1.19 bits per heavy atom. The smallest absolute Gasteiger partial charge is 0.119 e. The molecule has 1 aliphatic carbocycles. The maximum atomic E-state index is 6.32. The molecular formula is C22H33NO3. The number of hydrogen-bond donors (Lipinski definition) is 0. The van der Waals surface area contributed by atoms with Crippen molar-refractivity contribution in [2.24, 2.45) is 11.8 Å². The van der Waals surface area contributed by atoms with E-state index in [0.717, 1.165) is 64.0 Å². The third-order valence-electron chi connectivity index (χ3n) is 6.50. The number of hydrogen-bond acceptors (Lipinski definition) is 4. The first-order chi connectivity index (χ1) is 12.8. The van der Waals surface area contributed by atoms with Gasteiger partial charge in [-0.25, -0.2) is 0 Å². The van der Waals surface area contributed by atoms with E-state index < -0.39 is 0 Å². The van der Waals surface area contributed by atoms with Gasteiger partial charge in [0.05, 0.1) is 12.7 Å². The van der Waals surface area contributed by atoms with Crippen LogP contribution in [0, 0.1) is 11.8 Å². The highest BCUT2D eigenvalue weighted by molar-refractivity contribution is 5.28. The van der Waals surface area contributed by atoms with Crippen LogP contribution in [0.1, 0.15) is 44.1 Å². The van der Waals surface area contributed by atoms with E-state index >= 15 is 0 Å². The lowest BCUT2D eigenvalue weighted by molar-refractivity contribution is -0.0731. The summed E-state index contributed by atoms with van der Waals surface area (Å²) in [5.41, 5.74) is 1.45. The van der Waals surface area contributed by atoms with Gasteiger partial charge in [-0.15, -0.1) is 0 Å². The van der Waals surface area contributed by atoms with Gasteiger partial charge in [0, 0.05) is 39.5 Å². The van der Waals surface area contributed by atoms with E-state index in [1.54, 1.807) is 7.11 Å². The van der Waals surface area contributed by atoms with Gasteiger partial charge in [0.2, 0.25) is 0 Å². The number of rotatable bonds is 8. The third-order valence-corrected chi connectivity index (χ3v) is 6.50. The summed E-state index contributed by atoms with van der Waals surface area (Å²) in [6.07, 6.45) is 7.44. The number of methoxy groups -OCH3 is 1. The highest BCUT2D eigenvalue weighted by Gasteiger charge is 2.45. The molecule has 2 saturated heterocycles. The molecule has 0 bridgehead atoms. The molecule has 1 aromatic carbocycles. The van der Waals surface area contributed by atoms with Gasteiger partial charge in [0.25, 0.3) is 0 Å². The van der Waals surface area contributed by atoms with Gasteiger partial charge >= 0.3 is 0 Å². The van der Waals surface area contributed by atoms with Crippen molar-refractivity contribution in [2.45, 2.75) is 50.7 Å². The molecule has 0 amide bonds. The highest BCUT2D eigenvalue weighted by Crippen LogP contribution is 2.42. The Balaban J connectivity index is 1.25. The zero-order valence-electron chi connectivity index (χ0n) is 16.1. The minimum atomic E-state index is 0.119. The fraction of sp³-hybridized carbons (Fsp3) is 0.727. The lowest BCUT2D eigenvalue weighted by Gasteiger charge is -2.42. The molecule has 1 atom stereocenters. The largest absolute Gasteiger partial charge is 0.497 e.